The number of benzene rings is 2. The van der Waals surface area contributed by atoms with Crippen molar-refractivity contribution in [1.82, 2.24) is 15.2 Å². The van der Waals surface area contributed by atoms with Crippen LogP contribution < -0.4 is 25.8 Å². The third-order valence-electron chi connectivity index (χ3n) is 8.87. The predicted molar refractivity (Wildman–Crippen MR) is 179 cm³/mol. The summed E-state index contributed by atoms with van der Waals surface area (Å²) in [6.07, 6.45) is 4.61. The van der Waals surface area contributed by atoms with Gasteiger partial charge in [0.25, 0.3) is 5.91 Å². The molecule has 0 spiro atoms. The number of carbonyl (C=O) groups excluding carboxylic acids is 2. The topological polar surface area (TPSA) is 117 Å². The molecular formula is C35H41FN8O2. The van der Waals surface area contributed by atoms with E-state index in [4.69, 9.17) is 5.26 Å². The summed E-state index contributed by atoms with van der Waals surface area (Å²) in [4.78, 5) is 37.0. The fourth-order valence-corrected chi connectivity index (χ4v) is 6.09. The molecule has 1 unspecified atom stereocenters. The van der Waals surface area contributed by atoms with Crippen LogP contribution in [0.1, 0.15) is 43.7 Å². The Morgan fingerprint density at radius 3 is 2.50 bits per heavy atom. The first-order chi connectivity index (χ1) is 22.2. The average molecular weight is 625 g/mol. The van der Waals surface area contributed by atoms with Gasteiger partial charge in [-0.05, 0) is 75.5 Å². The lowest BCUT2D eigenvalue weighted by atomic mass is 9.89. The summed E-state index contributed by atoms with van der Waals surface area (Å²) < 4.78 is 13.9. The largest absolute Gasteiger partial charge is 0.367 e. The van der Waals surface area contributed by atoms with E-state index in [1.54, 1.807) is 29.3 Å². The zero-order valence-corrected chi connectivity index (χ0v) is 26.4. The molecule has 2 aromatic carbocycles. The van der Waals surface area contributed by atoms with E-state index in [0.717, 1.165) is 56.6 Å². The van der Waals surface area contributed by atoms with Crippen molar-refractivity contribution in [3.63, 3.8) is 0 Å². The summed E-state index contributed by atoms with van der Waals surface area (Å²) in [5.74, 6) is -1.28. The van der Waals surface area contributed by atoms with E-state index in [1.165, 1.54) is 0 Å². The minimum Gasteiger partial charge on any atom is -0.367 e. The van der Waals surface area contributed by atoms with Crippen LogP contribution >= 0.6 is 0 Å². The molecule has 3 N–H and O–H groups in total. The second kappa shape index (κ2) is 14.9. The molecule has 3 aromatic rings. The highest BCUT2D eigenvalue weighted by Gasteiger charge is 2.32. The molecule has 240 valence electrons. The molecule has 0 radical (unpaired) electrons. The van der Waals surface area contributed by atoms with Crippen LogP contribution in [-0.2, 0) is 11.3 Å². The maximum atomic E-state index is 13.9. The van der Waals surface area contributed by atoms with Gasteiger partial charge in [0.2, 0.25) is 0 Å². The number of anilines is 4. The second-order valence-corrected chi connectivity index (χ2v) is 12.0. The van der Waals surface area contributed by atoms with Gasteiger partial charge in [0.05, 0.1) is 16.9 Å². The number of hydrogen-bond donors (Lipinski definition) is 3. The first kappa shape index (κ1) is 32.4. The van der Waals surface area contributed by atoms with E-state index in [0.29, 0.717) is 29.3 Å². The Morgan fingerprint density at radius 2 is 1.85 bits per heavy atom. The molecule has 1 aliphatic carbocycles. The quantitative estimate of drug-likeness (QED) is 0.263. The number of piperazine rings is 1. The van der Waals surface area contributed by atoms with Crippen LogP contribution in [0.4, 0.5) is 32.1 Å². The number of nitrogens with one attached hydrogen (secondary N) is 3. The molecule has 1 saturated heterocycles. The maximum Gasteiger partial charge on any atom is 0.322 e. The zero-order chi connectivity index (χ0) is 32.6. The normalized spacial score (nSPS) is 19.9. The molecule has 1 aliphatic heterocycles. The minimum atomic E-state index is -1.08. The monoisotopic (exact) mass is 624 g/mol. The fraction of sp³-hybridized carbons (Fsp3) is 0.371. The van der Waals surface area contributed by atoms with Gasteiger partial charge in [0.15, 0.2) is 5.83 Å². The highest BCUT2D eigenvalue weighted by atomic mass is 19.1. The van der Waals surface area contributed by atoms with Crippen molar-refractivity contribution >= 4 is 34.8 Å². The smallest absolute Gasteiger partial charge is 0.322 e. The van der Waals surface area contributed by atoms with E-state index in [1.807, 2.05) is 42.5 Å². The Balaban J connectivity index is 1.40. The van der Waals surface area contributed by atoms with Gasteiger partial charge >= 0.3 is 6.03 Å². The number of pyridine rings is 1. The van der Waals surface area contributed by atoms with Crippen molar-refractivity contribution in [1.29, 1.82) is 5.26 Å². The first-order valence-corrected chi connectivity index (χ1v) is 15.7. The summed E-state index contributed by atoms with van der Waals surface area (Å²) in [7, 11) is 2.08. The van der Waals surface area contributed by atoms with E-state index in [2.05, 4.69) is 57.4 Å². The molecule has 1 aromatic heterocycles. The first-order valence-electron chi connectivity index (χ1n) is 15.7. The fourth-order valence-electron chi connectivity index (χ4n) is 6.09. The molecule has 0 bridgehead atoms. The molecule has 10 nitrogen and oxygen atoms in total. The van der Waals surface area contributed by atoms with Gasteiger partial charge in [-0.2, -0.15) is 5.26 Å². The van der Waals surface area contributed by atoms with Gasteiger partial charge in [0.1, 0.15) is 11.9 Å². The second-order valence-electron chi connectivity index (χ2n) is 12.0. The van der Waals surface area contributed by atoms with E-state index < -0.39 is 11.7 Å². The van der Waals surface area contributed by atoms with Crippen molar-refractivity contribution in [2.24, 2.45) is 0 Å². The molecule has 1 atom stereocenters. The molecule has 46 heavy (non-hydrogen) atoms. The number of carbonyl (C=O) groups is 2. The van der Waals surface area contributed by atoms with Gasteiger partial charge in [-0.3, -0.25) is 9.69 Å². The molecule has 11 heteroatoms. The number of nitriles is 1. The lowest BCUT2D eigenvalue weighted by Gasteiger charge is -2.40. The number of hydrogen-bond acceptors (Lipinski definition) is 7. The van der Waals surface area contributed by atoms with Crippen LogP contribution in [-0.4, -0.2) is 66.6 Å². The number of likely N-dealkylation sites (N-methyl/N-ethyl adjacent to an activating group) is 1. The molecule has 2 aliphatic rings. The highest BCUT2D eigenvalue weighted by Crippen LogP contribution is 2.36. The average Bonchev–Trinajstić information content (AvgIpc) is 3.07. The van der Waals surface area contributed by atoms with E-state index in [-0.39, 0.29) is 24.2 Å². The Kier molecular flexibility index (Phi) is 10.5. The number of nitrogens with zero attached hydrogens (tertiary/aromatic N) is 5. The van der Waals surface area contributed by atoms with Crippen molar-refractivity contribution in [2.75, 3.05) is 47.1 Å². The van der Waals surface area contributed by atoms with Gasteiger partial charge in [-0.25, -0.2) is 14.2 Å². The van der Waals surface area contributed by atoms with E-state index in [9.17, 15) is 14.0 Å². The molecule has 2 fully saturated rings. The van der Waals surface area contributed by atoms with Crippen LogP contribution in [0.2, 0.25) is 0 Å². The van der Waals surface area contributed by atoms with Crippen molar-refractivity contribution in [2.45, 2.75) is 57.3 Å². The SMILES string of the molecule is C=C(F)C(=O)Nc1cc(N(C(=O)NCc2ccccc2)C2CCC(Nc3ccc(C#N)cn3)CC2)ccc1N1CCN(C)C(C)C1. The molecule has 3 amide bonds. The number of amides is 3. The lowest BCUT2D eigenvalue weighted by Crippen LogP contribution is -2.50. The van der Waals surface area contributed by atoms with E-state index >= 15 is 0 Å². The summed E-state index contributed by atoms with van der Waals surface area (Å²) >= 11 is 0. The summed E-state index contributed by atoms with van der Waals surface area (Å²) in [5.41, 5.74) is 3.30. The number of aromatic nitrogens is 1. The molecule has 2 heterocycles. The Bertz CT molecular complexity index is 1570. The third kappa shape index (κ3) is 8.00. The Hall–Kier alpha value is -4.95. The van der Waals surface area contributed by atoms with Crippen LogP contribution in [0.5, 0.6) is 0 Å². The summed E-state index contributed by atoms with van der Waals surface area (Å²) in [5, 5.41) is 18.3. The molecule has 5 rings (SSSR count). The standard InChI is InChI=1S/C35H41FN8O2/c1-24-23-43(18-17-42(24)3)32-15-14-30(19-31(32)41-34(45)25(2)36)44(35(46)39-21-26-7-5-4-6-8-26)29-12-10-28(11-13-29)40-33-16-9-27(20-37)22-38-33/h4-9,14-16,19,22,24,28-29H,2,10-13,17-18,21,23H2,1,3H3,(H,38,40)(H,39,46)(H,41,45). The predicted octanol–water partition coefficient (Wildman–Crippen LogP) is 5.65. The van der Waals surface area contributed by atoms with Crippen LogP contribution in [0, 0.1) is 11.3 Å². The highest BCUT2D eigenvalue weighted by molar-refractivity contribution is 6.04. The molecular weight excluding hydrogens is 583 g/mol. The summed E-state index contributed by atoms with van der Waals surface area (Å²) in [6.45, 7) is 8.00. The summed E-state index contributed by atoms with van der Waals surface area (Å²) in [6, 6.07) is 21.0. The lowest BCUT2D eigenvalue weighted by molar-refractivity contribution is -0.114. The van der Waals surface area contributed by atoms with Crippen molar-refractivity contribution < 1.29 is 14.0 Å². The van der Waals surface area contributed by atoms with Gasteiger partial charge < -0.3 is 25.8 Å². The van der Waals surface area contributed by atoms with Crippen molar-refractivity contribution in [3.05, 3.63) is 90.4 Å². The Morgan fingerprint density at radius 1 is 1.09 bits per heavy atom. The Labute approximate surface area is 269 Å². The van der Waals surface area contributed by atoms with Crippen LogP contribution in [0.15, 0.2) is 79.3 Å². The third-order valence-corrected chi connectivity index (χ3v) is 8.87. The van der Waals surface area contributed by atoms with Gasteiger partial charge in [-0.15, -0.1) is 0 Å². The van der Waals surface area contributed by atoms with Crippen LogP contribution in [0.3, 0.4) is 0 Å². The van der Waals surface area contributed by atoms with Crippen LogP contribution in [0.25, 0.3) is 0 Å². The number of halogens is 1. The minimum absolute atomic E-state index is 0.114. The van der Waals surface area contributed by atoms with Gasteiger partial charge in [0, 0.05) is 56.2 Å². The maximum absolute atomic E-state index is 13.9. The van der Waals surface area contributed by atoms with Crippen molar-refractivity contribution in [3.8, 4) is 6.07 Å². The number of urea groups is 1. The molecule has 1 saturated carbocycles. The van der Waals surface area contributed by atoms with Gasteiger partial charge in [-0.1, -0.05) is 36.9 Å². The zero-order valence-electron chi connectivity index (χ0n) is 26.4. The number of rotatable bonds is 9.